The van der Waals surface area contributed by atoms with Crippen molar-refractivity contribution in [1.82, 2.24) is 10.2 Å². The third-order valence-electron chi connectivity index (χ3n) is 8.15. The average molecular weight is 441 g/mol. The summed E-state index contributed by atoms with van der Waals surface area (Å²) >= 11 is 0. The quantitative estimate of drug-likeness (QED) is 0.569. The van der Waals surface area contributed by atoms with Crippen LogP contribution in [0.25, 0.3) is 0 Å². The summed E-state index contributed by atoms with van der Waals surface area (Å²) in [4.78, 5) is 39.3. The number of benzene rings is 2. The second-order valence-electron chi connectivity index (χ2n) is 9.82. The van der Waals surface area contributed by atoms with E-state index in [1.54, 1.807) is 0 Å². The number of rotatable bonds is 5. The summed E-state index contributed by atoms with van der Waals surface area (Å²) in [5.74, 6) is 0.229. The van der Waals surface area contributed by atoms with Crippen LogP contribution in [0.4, 0.5) is 0 Å². The van der Waals surface area contributed by atoms with Crippen LogP contribution in [-0.2, 0) is 14.4 Å². The van der Waals surface area contributed by atoms with Gasteiger partial charge in [0.25, 0.3) is 0 Å². The van der Waals surface area contributed by atoms with Crippen molar-refractivity contribution < 1.29 is 14.4 Å². The first-order chi connectivity index (χ1) is 16.1. The van der Waals surface area contributed by atoms with Crippen molar-refractivity contribution in [2.75, 3.05) is 13.1 Å². The third kappa shape index (κ3) is 3.25. The number of imide groups is 1. The molecule has 7 rings (SSSR count). The van der Waals surface area contributed by atoms with Crippen LogP contribution in [0.5, 0.6) is 0 Å². The van der Waals surface area contributed by atoms with Gasteiger partial charge in [0.05, 0.1) is 11.8 Å². The van der Waals surface area contributed by atoms with Crippen LogP contribution in [0, 0.1) is 17.8 Å². The molecule has 1 heterocycles. The maximum Gasteiger partial charge on any atom is 0.233 e. The van der Waals surface area contributed by atoms with Gasteiger partial charge in [0.15, 0.2) is 0 Å². The number of allylic oxidation sites excluding steroid dienone is 2. The van der Waals surface area contributed by atoms with Crippen molar-refractivity contribution in [3.63, 3.8) is 0 Å². The van der Waals surface area contributed by atoms with E-state index >= 15 is 0 Å². The molecule has 0 saturated carbocycles. The van der Waals surface area contributed by atoms with Crippen LogP contribution in [0.3, 0.4) is 0 Å². The van der Waals surface area contributed by atoms with Crippen molar-refractivity contribution in [2.24, 2.45) is 17.8 Å². The van der Waals surface area contributed by atoms with E-state index in [-0.39, 0.29) is 42.5 Å². The monoisotopic (exact) mass is 440 g/mol. The van der Waals surface area contributed by atoms with Gasteiger partial charge in [-0.2, -0.15) is 0 Å². The molecule has 2 aromatic rings. The number of carbonyl (C=O) groups excluding carboxylic acids is 3. The lowest BCUT2D eigenvalue weighted by Gasteiger charge is -2.45. The number of hydrogen-bond acceptors (Lipinski definition) is 3. The van der Waals surface area contributed by atoms with Crippen molar-refractivity contribution >= 4 is 17.7 Å². The Morgan fingerprint density at radius 1 is 0.848 bits per heavy atom. The SMILES string of the molecule is O=C(CCN1C(=O)[C@H]2CC=CC[C@H]2C1=O)NC[C@H]1CC2c3ccccc3C1c1ccccc12. The zero-order valence-electron chi connectivity index (χ0n) is 18.6. The predicted molar refractivity (Wildman–Crippen MR) is 124 cm³/mol. The van der Waals surface area contributed by atoms with Crippen molar-refractivity contribution in [2.45, 2.75) is 37.5 Å². The van der Waals surface area contributed by atoms with E-state index in [1.165, 1.54) is 27.2 Å². The zero-order chi connectivity index (χ0) is 22.5. The lowest BCUT2D eigenvalue weighted by molar-refractivity contribution is -0.140. The molecule has 33 heavy (non-hydrogen) atoms. The van der Waals surface area contributed by atoms with E-state index < -0.39 is 0 Å². The molecule has 5 heteroatoms. The molecule has 1 fully saturated rings. The summed E-state index contributed by atoms with van der Waals surface area (Å²) in [5, 5.41) is 3.11. The van der Waals surface area contributed by atoms with Gasteiger partial charge in [-0.15, -0.1) is 0 Å². The molecular formula is C28H28N2O3. The molecule has 1 aliphatic heterocycles. The molecule has 4 aliphatic carbocycles. The van der Waals surface area contributed by atoms with Crippen LogP contribution in [0.15, 0.2) is 60.7 Å². The van der Waals surface area contributed by atoms with E-state index in [0.29, 0.717) is 37.1 Å². The molecule has 3 amide bonds. The predicted octanol–water partition coefficient (Wildman–Crippen LogP) is 3.74. The highest BCUT2D eigenvalue weighted by atomic mass is 16.2. The van der Waals surface area contributed by atoms with Crippen LogP contribution in [-0.4, -0.2) is 35.7 Å². The molecular weight excluding hydrogens is 412 g/mol. The molecule has 0 aromatic heterocycles. The molecule has 2 aromatic carbocycles. The molecule has 168 valence electrons. The summed E-state index contributed by atoms with van der Waals surface area (Å²) in [7, 11) is 0. The fourth-order valence-electron chi connectivity index (χ4n) is 6.60. The van der Waals surface area contributed by atoms with Crippen LogP contribution < -0.4 is 5.32 Å². The first kappa shape index (κ1) is 20.4. The highest BCUT2D eigenvalue weighted by molar-refractivity contribution is 6.05. The first-order valence-corrected chi connectivity index (χ1v) is 12.1. The Bertz CT molecular complexity index is 1100. The normalized spacial score (nSPS) is 29.0. The van der Waals surface area contributed by atoms with Gasteiger partial charge in [-0.25, -0.2) is 0 Å². The van der Waals surface area contributed by atoms with Gasteiger partial charge in [-0.1, -0.05) is 60.7 Å². The van der Waals surface area contributed by atoms with Gasteiger partial charge in [-0.05, 0) is 47.4 Å². The van der Waals surface area contributed by atoms with Crippen molar-refractivity contribution in [1.29, 1.82) is 0 Å². The van der Waals surface area contributed by atoms with Gasteiger partial charge in [0.1, 0.15) is 0 Å². The fourth-order valence-corrected chi connectivity index (χ4v) is 6.60. The molecule has 0 spiro atoms. The Labute approximate surface area is 193 Å². The number of amides is 3. The fraction of sp³-hybridized carbons (Fsp3) is 0.393. The largest absolute Gasteiger partial charge is 0.356 e. The topological polar surface area (TPSA) is 66.5 Å². The van der Waals surface area contributed by atoms with E-state index in [1.807, 2.05) is 12.2 Å². The smallest absolute Gasteiger partial charge is 0.233 e. The number of fused-ring (bicyclic) bond motifs is 2. The molecule has 5 aliphatic rings. The second-order valence-corrected chi connectivity index (χ2v) is 9.82. The Kier molecular flexibility index (Phi) is 4.93. The Balaban J connectivity index is 1.11. The Morgan fingerprint density at radius 3 is 1.97 bits per heavy atom. The summed E-state index contributed by atoms with van der Waals surface area (Å²) in [5.41, 5.74) is 5.61. The zero-order valence-corrected chi connectivity index (χ0v) is 18.6. The second kappa shape index (κ2) is 7.98. The molecule has 5 nitrogen and oxygen atoms in total. The Morgan fingerprint density at radius 2 is 1.39 bits per heavy atom. The molecule has 1 saturated heterocycles. The first-order valence-electron chi connectivity index (χ1n) is 12.1. The number of likely N-dealkylation sites (tertiary alicyclic amines) is 1. The minimum absolute atomic E-state index is 0.0911. The van der Waals surface area contributed by atoms with Crippen LogP contribution in [0.2, 0.25) is 0 Å². The standard InChI is InChI=1S/C28H28N2O3/c31-25(13-14-30-27(32)22-11-5-6-12-23(22)28(30)33)29-16-17-15-24-18-7-1-3-9-20(18)26(17)21-10-4-2-8-19(21)24/h1-10,17,22-24,26H,11-16H2,(H,29,31)/t17-,22-,23+,24?,26?/m1/s1. The Hall–Kier alpha value is -3.21. The summed E-state index contributed by atoms with van der Waals surface area (Å²) in [6.07, 6.45) is 6.42. The highest BCUT2D eigenvalue weighted by Crippen LogP contribution is 2.55. The van der Waals surface area contributed by atoms with E-state index in [2.05, 4.69) is 53.8 Å². The van der Waals surface area contributed by atoms with Gasteiger partial charge in [-0.3, -0.25) is 19.3 Å². The van der Waals surface area contributed by atoms with Crippen molar-refractivity contribution in [3.05, 3.63) is 82.9 Å². The van der Waals surface area contributed by atoms with E-state index in [4.69, 9.17) is 0 Å². The van der Waals surface area contributed by atoms with E-state index in [9.17, 15) is 14.4 Å². The van der Waals surface area contributed by atoms with Gasteiger partial charge in [0, 0.05) is 31.3 Å². The molecule has 0 unspecified atom stereocenters. The molecule has 1 N–H and O–H groups in total. The van der Waals surface area contributed by atoms with Gasteiger partial charge >= 0.3 is 0 Å². The summed E-state index contributed by atoms with van der Waals surface area (Å²) < 4.78 is 0. The van der Waals surface area contributed by atoms with Crippen LogP contribution in [0.1, 0.15) is 59.8 Å². The lowest BCUT2D eigenvalue weighted by atomic mass is 9.59. The number of nitrogens with one attached hydrogen (secondary N) is 1. The summed E-state index contributed by atoms with van der Waals surface area (Å²) in [6.45, 7) is 0.790. The van der Waals surface area contributed by atoms with Crippen LogP contribution >= 0.6 is 0 Å². The molecule has 0 radical (unpaired) electrons. The minimum Gasteiger partial charge on any atom is -0.356 e. The molecule has 3 atom stereocenters. The number of carbonyl (C=O) groups is 3. The average Bonchev–Trinajstić information content (AvgIpc) is 3.11. The highest BCUT2D eigenvalue weighted by Gasteiger charge is 2.47. The summed E-state index contributed by atoms with van der Waals surface area (Å²) in [6, 6.07) is 17.4. The minimum atomic E-state index is -0.233. The van der Waals surface area contributed by atoms with Gasteiger partial charge < -0.3 is 5.32 Å². The number of nitrogens with zero attached hydrogens (tertiary/aromatic N) is 1. The molecule has 2 bridgehead atoms. The van der Waals surface area contributed by atoms with E-state index in [0.717, 1.165) is 6.42 Å². The third-order valence-corrected chi connectivity index (χ3v) is 8.15. The lowest BCUT2D eigenvalue weighted by Crippen LogP contribution is -2.40. The van der Waals surface area contributed by atoms with Crippen molar-refractivity contribution in [3.8, 4) is 0 Å². The maximum absolute atomic E-state index is 12.7. The maximum atomic E-state index is 12.7. The van der Waals surface area contributed by atoms with Gasteiger partial charge in [0.2, 0.25) is 17.7 Å². The number of hydrogen-bond donors (Lipinski definition) is 1.